The molecule has 0 saturated carbocycles. The molecule has 5 nitrogen and oxygen atoms in total. The topological polar surface area (TPSA) is 91.7 Å². The van der Waals surface area contributed by atoms with Crippen molar-refractivity contribution >= 4 is 15.8 Å². The molecule has 94 valence electrons. The molecule has 1 aromatic carbocycles. The molecule has 0 aliphatic heterocycles. The first kappa shape index (κ1) is 13.7. The number of hydrogen-bond donors (Lipinski definition) is 2. The van der Waals surface area contributed by atoms with E-state index in [-0.39, 0.29) is 11.3 Å². The second kappa shape index (κ2) is 4.46. The highest BCUT2D eigenvalue weighted by atomic mass is 32.2. The number of sulfone groups is 1. The van der Waals surface area contributed by atoms with Crippen LogP contribution in [0, 0.1) is 0 Å². The lowest BCUT2D eigenvalue weighted by Crippen LogP contribution is -2.37. The molecule has 0 aromatic heterocycles. The third kappa shape index (κ3) is 3.28. The fraction of sp³-hybridized carbons (Fsp3) is 0.364. The highest BCUT2D eigenvalue weighted by Gasteiger charge is 2.31. The summed E-state index contributed by atoms with van der Waals surface area (Å²) in [6, 6.07) is 6.04. The first-order valence-electron chi connectivity index (χ1n) is 4.88. The van der Waals surface area contributed by atoms with Gasteiger partial charge >= 0.3 is 5.97 Å². The van der Waals surface area contributed by atoms with Crippen LogP contribution in [0.5, 0.6) is 0 Å². The van der Waals surface area contributed by atoms with Gasteiger partial charge in [0, 0.05) is 12.7 Å². The number of benzene rings is 1. The van der Waals surface area contributed by atoms with Gasteiger partial charge in [-0.25, -0.2) is 13.2 Å². The van der Waals surface area contributed by atoms with E-state index in [2.05, 4.69) is 0 Å². The molecule has 17 heavy (non-hydrogen) atoms. The van der Waals surface area contributed by atoms with Crippen molar-refractivity contribution in [2.24, 2.45) is 0 Å². The Morgan fingerprint density at radius 1 is 1.35 bits per heavy atom. The molecular weight excluding hydrogens is 244 g/mol. The predicted octanol–water partition coefficient (Wildman–Crippen LogP) is 0.468. The molecular formula is C11H14O5S. The third-order valence-electron chi connectivity index (χ3n) is 2.37. The molecule has 0 radical (unpaired) electrons. The second-order valence-corrected chi connectivity index (χ2v) is 6.12. The largest absolute Gasteiger partial charge is 0.479 e. The SMILES string of the molecule is CC(O)(Cc1ccccc1S(C)(=O)=O)C(=O)O. The second-order valence-electron chi connectivity index (χ2n) is 4.14. The van der Waals surface area contributed by atoms with Crippen LogP contribution >= 0.6 is 0 Å². The van der Waals surface area contributed by atoms with Gasteiger partial charge < -0.3 is 10.2 Å². The third-order valence-corrected chi connectivity index (χ3v) is 3.56. The summed E-state index contributed by atoms with van der Waals surface area (Å²) >= 11 is 0. The van der Waals surface area contributed by atoms with E-state index in [0.717, 1.165) is 13.2 Å². The Hall–Kier alpha value is -1.40. The number of carboxylic acids is 1. The van der Waals surface area contributed by atoms with E-state index in [1.807, 2.05) is 0 Å². The van der Waals surface area contributed by atoms with Crippen LogP contribution in [0.25, 0.3) is 0 Å². The average Bonchev–Trinajstić information content (AvgIpc) is 2.15. The highest BCUT2D eigenvalue weighted by Crippen LogP contribution is 2.21. The van der Waals surface area contributed by atoms with E-state index in [1.54, 1.807) is 12.1 Å². The monoisotopic (exact) mass is 258 g/mol. The molecule has 0 heterocycles. The summed E-state index contributed by atoms with van der Waals surface area (Å²) in [5.41, 5.74) is -1.69. The smallest absolute Gasteiger partial charge is 0.335 e. The highest BCUT2D eigenvalue weighted by molar-refractivity contribution is 7.90. The molecule has 0 saturated heterocycles. The Morgan fingerprint density at radius 3 is 2.35 bits per heavy atom. The van der Waals surface area contributed by atoms with E-state index in [1.165, 1.54) is 12.1 Å². The molecule has 0 aliphatic rings. The maximum Gasteiger partial charge on any atom is 0.335 e. The summed E-state index contributed by atoms with van der Waals surface area (Å²) in [4.78, 5) is 10.8. The fourth-order valence-corrected chi connectivity index (χ4v) is 2.40. The minimum absolute atomic E-state index is 0.0431. The van der Waals surface area contributed by atoms with Gasteiger partial charge in [-0.05, 0) is 18.6 Å². The lowest BCUT2D eigenvalue weighted by molar-refractivity contribution is -0.156. The van der Waals surface area contributed by atoms with Crippen LogP contribution < -0.4 is 0 Å². The Kier molecular flexibility index (Phi) is 3.59. The summed E-state index contributed by atoms with van der Waals surface area (Å²) in [5, 5.41) is 18.4. The molecule has 1 atom stereocenters. The molecule has 0 aliphatic carbocycles. The zero-order valence-corrected chi connectivity index (χ0v) is 10.4. The average molecular weight is 258 g/mol. The zero-order chi connectivity index (χ0) is 13.3. The summed E-state index contributed by atoms with van der Waals surface area (Å²) in [7, 11) is -3.44. The normalized spacial score (nSPS) is 15.2. The molecule has 0 spiro atoms. The summed E-state index contributed by atoms with van der Waals surface area (Å²) < 4.78 is 23.0. The van der Waals surface area contributed by atoms with Crippen LogP contribution in [0.15, 0.2) is 29.2 Å². The Labute approximate surface area is 99.6 Å². The molecule has 0 bridgehead atoms. The van der Waals surface area contributed by atoms with Crippen LogP contribution in [0.3, 0.4) is 0 Å². The van der Waals surface area contributed by atoms with Gasteiger partial charge in [0.1, 0.15) is 0 Å². The first-order chi connectivity index (χ1) is 7.64. The lowest BCUT2D eigenvalue weighted by Gasteiger charge is -2.19. The van der Waals surface area contributed by atoms with Crippen LogP contribution in [0.4, 0.5) is 0 Å². The molecule has 1 rings (SSSR count). The Morgan fingerprint density at radius 2 is 1.88 bits per heavy atom. The molecule has 6 heteroatoms. The molecule has 1 unspecified atom stereocenters. The van der Waals surface area contributed by atoms with Gasteiger partial charge in [-0.15, -0.1) is 0 Å². The van der Waals surface area contributed by atoms with Crippen molar-refractivity contribution in [3.05, 3.63) is 29.8 Å². The van der Waals surface area contributed by atoms with Crippen LogP contribution in [0.2, 0.25) is 0 Å². The van der Waals surface area contributed by atoms with Gasteiger partial charge in [0.05, 0.1) is 4.90 Å². The van der Waals surface area contributed by atoms with Gasteiger partial charge in [0.15, 0.2) is 15.4 Å². The summed E-state index contributed by atoms with van der Waals surface area (Å²) in [6.07, 6.45) is 0.785. The minimum Gasteiger partial charge on any atom is -0.479 e. The van der Waals surface area contributed by atoms with Crippen LogP contribution in [-0.2, 0) is 21.1 Å². The predicted molar refractivity (Wildman–Crippen MR) is 61.5 cm³/mol. The van der Waals surface area contributed by atoms with E-state index in [0.29, 0.717) is 5.56 Å². The zero-order valence-electron chi connectivity index (χ0n) is 9.54. The van der Waals surface area contributed by atoms with Crippen molar-refractivity contribution in [3.8, 4) is 0 Å². The molecule has 1 aromatic rings. The van der Waals surface area contributed by atoms with Gasteiger partial charge in [-0.3, -0.25) is 0 Å². The van der Waals surface area contributed by atoms with Crippen molar-refractivity contribution < 1.29 is 23.4 Å². The fourth-order valence-electron chi connectivity index (χ4n) is 1.46. The maximum absolute atomic E-state index is 11.5. The Balaban J connectivity index is 3.21. The Bertz CT molecular complexity index is 531. The van der Waals surface area contributed by atoms with E-state index in [9.17, 15) is 18.3 Å². The number of carbonyl (C=O) groups is 1. The maximum atomic E-state index is 11.5. The van der Waals surface area contributed by atoms with Crippen molar-refractivity contribution in [1.82, 2.24) is 0 Å². The molecule has 2 N–H and O–H groups in total. The number of rotatable bonds is 4. The van der Waals surface area contributed by atoms with Gasteiger partial charge in [-0.1, -0.05) is 18.2 Å². The minimum atomic E-state index is -3.44. The molecule has 0 amide bonds. The van der Waals surface area contributed by atoms with Crippen molar-refractivity contribution in [2.45, 2.75) is 23.8 Å². The van der Waals surface area contributed by atoms with E-state index in [4.69, 9.17) is 5.11 Å². The van der Waals surface area contributed by atoms with Crippen LogP contribution in [0.1, 0.15) is 12.5 Å². The van der Waals surface area contributed by atoms with Crippen molar-refractivity contribution in [1.29, 1.82) is 0 Å². The van der Waals surface area contributed by atoms with E-state index < -0.39 is 21.4 Å². The quantitative estimate of drug-likeness (QED) is 0.819. The lowest BCUT2D eigenvalue weighted by atomic mass is 9.97. The van der Waals surface area contributed by atoms with E-state index >= 15 is 0 Å². The van der Waals surface area contributed by atoms with Gasteiger partial charge in [0.2, 0.25) is 0 Å². The van der Waals surface area contributed by atoms with Crippen LogP contribution in [-0.4, -0.2) is 36.5 Å². The first-order valence-corrected chi connectivity index (χ1v) is 6.77. The van der Waals surface area contributed by atoms with Gasteiger partial charge in [0.25, 0.3) is 0 Å². The molecule has 0 fully saturated rings. The van der Waals surface area contributed by atoms with Gasteiger partial charge in [-0.2, -0.15) is 0 Å². The number of carboxylic acid groups (broad SMARTS) is 1. The van der Waals surface area contributed by atoms with Crippen molar-refractivity contribution in [2.75, 3.05) is 6.26 Å². The van der Waals surface area contributed by atoms with Crippen molar-refractivity contribution in [3.63, 3.8) is 0 Å². The number of hydrogen-bond acceptors (Lipinski definition) is 4. The summed E-state index contributed by atoms with van der Waals surface area (Å²) in [6.45, 7) is 1.13. The number of aliphatic carboxylic acids is 1. The standard InChI is InChI=1S/C11H14O5S/c1-11(14,10(12)13)7-8-5-3-4-6-9(8)17(2,15)16/h3-6,14H,7H2,1-2H3,(H,12,13). The number of aliphatic hydroxyl groups is 1. The summed E-state index contributed by atoms with van der Waals surface area (Å²) in [5.74, 6) is -1.39.